The minimum absolute atomic E-state index is 0.315. The van der Waals surface area contributed by atoms with Crippen molar-refractivity contribution in [3.8, 4) is 11.8 Å². The molecule has 0 saturated heterocycles. The molecule has 17 heavy (non-hydrogen) atoms. The molecular formula is C14H16ClFO. The van der Waals surface area contributed by atoms with E-state index in [0.29, 0.717) is 17.0 Å². The Balaban J connectivity index is 2.58. The molecule has 0 saturated carbocycles. The van der Waals surface area contributed by atoms with E-state index >= 15 is 0 Å². The summed E-state index contributed by atoms with van der Waals surface area (Å²) >= 11 is 5.70. The molecule has 1 atom stereocenters. The molecule has 0 heterocycles. The van der Waals surface area contributed by atoms with E-state index in [1.807, 2.05) is 0 Å². The van der Waals surface area contributed by atoms with Crippen LogP contribution in [-0.4, -0.2) is 11.2 Å². The second kappa shape index (κ2) is 7.32. The summed E-state index contributed by atoms with van der Waals surface area (Å²) in [6.07, 6.45) is 3.16. The highest BCUT2D eigenvalue weighted by atomic mass is 35.5. The SMILES string of the molecule is CCCCCC(O)C#Cc1cc(F)cc(Cl)c1. The Morgan fingerprint density at radius 3 is 2.76 bits per heavy atom. The van der Waals surface area contributed by atoms with E-state index in [4.69, 9.17) is 11.6 Å². The normalized spacial score (nSPS) is 11.8. The lowest BCUT2D eigenvalue weighted by molar-refractivity contribution is 0.217. The van der Waals surface area contributed by atoms with Gasteiger partial charge in [0.15, 0.2) is 0 Å². The van der Waals surface area contributed by atoms with E-state index in [1.165, 1.54) is 12.1 Å². The molecule has 1 unspecified atom stereocenters. The lowest BCUT2D eigenvalue weighted by atomic mass is 10.1. The number of halogens is 2. The average Bonchev–Trinajstić information content (AvgIpc) is 2.25. The first kappa shape index (κ1) is 14.0. The smallest absolute Gasteiger partial charge is 0.125 e. The summed E-state index contributed by atoms with van der Waals surface area (Å²) in [4.78, 5) is 0. The van der Waals surface area contributed by atoms with Crippen LogP contribution in [0.25, 0.3) is 0 Å². The Kier molecular flexibility index (Phi) is 6.04. The molecule has 3 heteroatoms. The van der Waals surface area contributed by atoms with Crippen molar-refractivity contribution in [2.45, 2.75) is 38.7 Å². The van der Waals surface area contributed by atoms with Crippen molar-refractivity contribution in [1.29, 1.82) is 0 Å². The van der Waals surface area contributed by atoms with Gasteiger partial charge in [0.25, 0.3) is 0 Å². The molecule has 1 rings (SSSR count). The fraction of sp³-hybridized carbons (Fsp3) is 0.429. The second-order valence-corrected chi connectivity index (χ2v) is 4.38. The van der Waals surface area contributed by atoms with Crippen molar-refractivity contribution in [3.05, 3.63) is 34.6 Å². The highest BCUT2D eigenvalue weighted by molar-refractivity contribution is 6.30. The van der Waals surface area contributed by atoms with Crippen molar-refractivity contribution in [2.24, 2.45) is 0 Å². The van der Waals surface area contributed by atoms with Crippen LogP contribution in [-0.2, 0) is 0 Å². The highest BCUT2D eigenvalue weighted by Crippen LogP contribution is 2.13. The Morgan fingerprint density at radius 2 is 2.12 bits per heavy atom. The predicted octanol–water partition coefficient (Wildman–Crippen LogP) is 3.77. The van der Waals surface area contributed by atoms with Crippen LogP contribution in [0.4, 0.5) is 4.39 Å². The molecule has 0 aromatic heterocycles. The third kappa shape index (κ3) is 5.72. The number of rotatable bonds is 4. The van der Waals surface area contributed by atoms with Crippen LogP contribution in [0, 0.1) is 17.7 Å². The van der Waals surface area contributed by atoms with E-state index in [0.717, 1.165) is 19.3 Å². The predicted molar refractivity (Wildman–Crippen MR) is 68.4 cm³/mol. The number of unbranched alkanes of at least 4 members (excludes halogenated alkanes) is 2. The number of hydrogen-bond donors (Lipinski definition) is 1. The van der Waals surface area contributed by atoms with E-state index in [9.17, 15) is 9.50 Å². The van der Waals surface area contributed by atoms with Crippen LogP contribution in [0.3, 0.4) is 0 Å². The van der Waals surface area contributed by atoms with Crippen molar-refractivity contribution in [2.75, 3.05) is 0 Å². The molecule has 0 radical (unpaired) electrons. The first-order chi connectivity index (χ1) is 8.11. The summed E-state index contributed by atoms with van der Waals surface area (Å²) in [7, 11) is 0. The van der Waals surface area contributed by atoms with Gasteiger partial charge >= 0.3 is 0 Å². The summed E-state index contributed by atoms with van der Waals surface area (Å²) in [6.45, 7) is 2.10. The van der Waals surface area contributed by atoms with Gasteiger partial charge in [-0.05, 0) is 31.0 Å². The molecule has 0 aliphatic carbocycles. The van der Waals surface area contributed by atoms with Gasteiger partial charge < -0.3 is 5.11 Å². The zero-order chi connectivity index (χ0) is 12.7. The zero-order valence-corrected chi connectivity index (χ0v) is 10.6. The van der Waals surface area contributed by atoms with Crippen LogP contribution >= 0.6 is 11.6 Å². The molecule has 0 aliphatic rings. The van der Waals surface area contributed by atoms with Crippen LogP contribution in [0.2, 0.25) is 5.02 Å². The molecule has 92 valence electrons. The standard InChI is InChI=1S/C14H16ClFO/c1-2-3-4-5-14(17)7-6-11-8-12(15)10-13(16)9-11/h8-10,14,17H,2-5H2,1H3. The van der Waals surface area contributed by atoms with Gasteiger partial charge in [0.1, 0.15) is 11.9 Å². The maximum Gasteiger partial charge on any atom is 0.125 e. The molecule has 0 spiro atoms. The number of aliphatic hydroxyl groups is 1. The molecule has 0 fully saturated rings. The minimum atomic E-state index is -0.649. The summed E-state index contributed by atoms with van der Waals surface area (Å²) in [5.74, 6) is 5.01. The van der Waals surface area contributed by atoms with Crippen molar-refractivity contribution < 1.29 is 9.50 Å². The van der Waals surface area contributed by atoms with E-state index < -0.39 is 11.9 Å². The first-order valence-electron chi connectivity index (χ1n) is 5.77. The maximum atomic E-state index is 13.0. The summed E-state index contributed by atoms with van der Waals surface area (Å²) in [6, 6.07) is 4.11. The largest absolute Gasteiger partial charge is 0.380 e. The summed E-state index contributed by atoms with van der Waals surface area (Å²) < 4.78 is 13.0. The lowest BCUT2D eigenvalue weighted by Gasteiger charge is -2.01. The van der Waals surface area contributed by atoms with E-state index in [1.54, 1.807) is 6.07 Å². The number of aliphatic hydroxyl groups excluding tert-OH is 1. The van der Waals surface area contributed by atoms with E-state index in [2.05, 4.69) is 18.8 Å². The third-order valence-corrected chi connectivity index (χ3v) is 2.55. The number of hydrogen-bond acceptors (Lipinski definition) is 1. The van der Waals surface area contributed by atoms with Gasteiger partial charge in [-0.2, -0.15) is 0 Å². The average molecular weight is 255 g/mol. The van der Waals surface area contributed by atoms with Gasteiger partial charge in [0.05, 0.1) is 0 Å². The van der Waals surface area contributed by atoms with Gasteiger partial charge in [-0.3, -0.25) is 0 Å². The molecule has 0 aliphatic heterocycles. The van der Waals surface area contributed by atoms with Crippen LogP contribution < -0.4 is 0 Å². The second-order valence-electron chi connectivity index (χ2n) is 3.94. The lowest BCUT2D eigenvalue weighted by Crippen LogP contribution is -2.02. The highest BCUT2D eigenvalue weighted by Gasteiger charge is 1.99. The molecular weight excluding hydrogens is 239 g/mol. The zero-order valence-electron chi connectivity index (χ0n) is 9.84. The van der Waals surface area contributed by atoms with Gasteiger partial charge in [0, 0.05) is 10.6 Å². The van der Waals surface area contributed by atoms with E-state index in [-0.39, 0.29) is 0 Å². The van der Waals surface area contributed by atoms with Gasteiger partial charge in [0.2, 0.25) is 0 Å². The molecule has 1 nitrogen and oxygen atoms in total. The topological polar surface area (TPSA) is 20.2 Å². The fourth-order valence-electron chi connectivity index (χ4n) is 1.45. The fourth-order valence-corrected chi connectivity index (χ4v) is 1.67. The minimum Gasteiger partial charge on any atom is -0.380 e. The van der Waals surface area contributed by atoms with Gasteiger partial charge in [-0.1, -0.05) is 43.2 Å². The maximum absolute atomic E-state index is 13.0. The molecule has 0 bridgehead atoms. The van der Waals surface area contributed by atoms with Gasteiger partial charge in [-0.25, -0.2) is 4.39 Å². The summed E-state index contributed by atoms with van der Waals surface area (Å²) in [5.41, 5.74) is 0.490. The van der Waals surface area contributed by atoms with Crippen LogP contribution in [0.5, 0.6) is 0 Å². The van der Waals surface area contributed by atoms with Crippen molar-refractivity contribution in [1.82, 2.24) is 0 Å². The van der Waals surface area contributed by atoms with Crippen LogP contribution in [0.1, 0.15) is 38.2 Å². The Hall–Kier alpha value is -1.04. The molecule has 1 aromatic rings. The first-order valence-corrected chi connectivity index (χ1v) is 6.15. The monoisotopic (exact) mass is 254 g/mol. The Morgan fingerprint density at radius 1 is 1.35 bits per heavy atom. The quantitative estimate of drug-likeness (QED) is 0.641. The van der Waals surface area contributed by atoms with Crippen molar-refractivity contribution >= 4 is 11.6 Å². The van der Waals surface area contributed by atoms with Crippen molar-refractivity contribution in [3.63, 3.8) is 0 Å². The Labute approximate surface area is 107 Å². The molecule has 1 N–H and O–H groups in total. The van der Waals surface area contributed by atoms with Crippen LogP contribution in [0.15, 0.2) is 18.2 Å². The molecule has 0 amide bonds. The third-order valence-electron chi connectivity index (χ3n) is 2.33. The summed E-state index contributed by atoms with van der Waals surface area (Å²) in [5, 5.41) is 9.89. The van der Waals surface area contributed by atoms with Gasteiger partial charge in [-0.15, -0.1) is 0 Å². The molecule has 1 aromatic carbocycles. The number of benzene rings is 1. The Bertz CT molecular complexity index is 400.